The molecule has 1 aromatic carbocycles. The monoisotopic (exact) mass is 307 g/mol. The van der Waals surface area contributed by atoms with Gasteiger partial charge >= 0.3 is 0 Å². The molecule has 0 aromatic heterocycles. The first-order valence-electron chi connectivity index (χ1n) is 8.05. The van der Waals surface area contributed by atoms with Crippen molar-refractivity contribution < 1.29 is 9.18 Å². The smallest absolute Gasteiger partial charge is 0.238 e. The summed E-state index contributed by atoms with van der Waals surface area (Å²) in [5, 5.41) is 6.24. The molecule has 22 heavy (non-hydrogen) atoms. The zero-order chi connectivity index (χ0) is 15.9. The fourth-order valence-electron chi connectivity index (χ4n) is 2.79. The molecule has 1 amide bonds. The number of nitrogens with one attached hydrogen (secondary N) is 2. The summed E-state index contributed by atoms with van der Waals surface area (Å²) in [5.41, 5.74) is 0.634. The van der Waals surface area contributed by atoms with Gasteiger partial charge in [0.1, 0.15) is 5.82 Å². The van der Waals surface area contributed by atoms with Gasteiger partial charge in [0.2, 0.25) is 5.91 Å². The van der Waals surface area contributed by atoms with Crippen LogP contribution in [0.15, 0.2) is 24.3 Å². The van der Waals surface area contributed by atoms with Gasteiger partial charge in [-0.15, -0.1) is 0 Å². The first kappa shape index (κ1) is 16.9. The van der Waals surface area contributed by atoms with Gasteiger partial charge in [-0.1, -0.05) is 0 Å². The Morgan fingerprint density at radius 2 is 2.14 bits per heavy atom. The SMILES string of the molecule is CC(C)N(CC(=O)Nc1ccc(F)cc1)CC1CCCNC1. The van der Waals surface area contributed by atoms with E-state index in [0.29, 0.717) is 24.2 Å². The van der Waals surface area contributed by atoms with E-state index >= 15 is 0 Å². The van der Waals surface area contributed by atoms with Gasteiger partial charge in [-0.25, -0.2) is 4.39 Å². The quantitative estimate of drug-likeness (QED) is 0.848. The second-order valence-corrected chi connectivity index (χ2v) is 6.29. The number of halogens is 1. The van der Waals surface area contributed by atoms with Crippen LogP contribution in [0.3, 0.4) is 0 Å². The summed E-state index contributed by atoms with van der Waals surface area (Å²) in [4.78, 5) is 14.4. The third-order valence-electron chi connectivity index (χ3n) is 4.10. The van der Waals surface area contributed by atoms with Gasteiger partial charge in [-0.05, 0) is 70.0 Å². The van der Waals surface area contributed by atoms with Crippen molar-refractivity contribution in [3.8, 4) is 0 Å². The predicted octanol–water partition coefficient (Wildman–Crippen LogP) is 2.47. The molecule has 0 radical (unpaired) electrons. The van der Waals surface area contributed by atoms with Gasteiger partial charge < -0.3 is 10.6 Å². The predicted molar refractivity (Wildman–Crippen MR) is 87.3 cm³/mol. The Hall–Kier alpha value is -1.46. The third-order valence-corrected chi connectivity index (χ3v) is 4.10. The van der Waals surface area contributed by atoms with Crippen LogP contribution < -0.4 is 10.6 Å². The Bertz CT molecular complexity index is 469. The average Bonchev–Trinajstić information content (AvgIpc) is 2.50. The molecule has 1 unspecified atom stereocenters. The fraction of sp³-hybridized carbons (Fsp3) is 0.588. The number of anilines is 1. The molecule has 4 nitrogen and oxygen atoms in total. The highest BCUT2D eigenvalue weighted by molar-refractivity contribution is 5.92. The number of rotatable bonds is 6. The highest BCUT2D eigenvalue weighted by atomic mass is 19.1. The van der Waals surface area contributed by atoms with Crippen LogP contribution in [0.25, 0.3) is 0 Å². The lowest BCUT2D eigenvalue weighted by molar-refractivity contribution is -0.117. The zero-order valence-electron chi connectivity index (χ0n) is 13.4. The normalized spacial score (nSPS) is 18.7. The fourth-order valence-corrected chi connectivity index (χ4v) is 2.79. The van der Waals surface area contributed by atoms with Gasteiger partial charge in [0.25, 0.3) is 0 Å². The molecule has 1 saturated heterocycles. The average molecular weight is 307 g/mol. The van der Waals surface area contributed by atoms with Crippen LogP contribution in [0.1, 0.15) is 26.7 Å². The second-order valence-electron chi connectivity index (χ2n) is 6.29. The van der Waals surface area contributed by atoms with E-state index < -0.39 is 0 Å². The van der Waals surface area contributed by atoms with Gasteiger partial charge in [0.05, 0.1) is 6.54 Å². The number of piperidine rings is 1. The molecule has 0 spiro atoms. The zero-order valence-corrected chi connectivity index (χ0v) is 13.4. The number of hydrogen-bond donors (Lipinski definition) is 2. The molecule has 0 saturated carbocycles. The Morgan fingerprint density at radius 1 is 1.41 bits per heavy atom. The summed E-state index contributed by atoms with van der Waals surface area (Å²) in [5.74, 6) is 0.255. The van der Waals surface area contributed by atoms with E-state index in [-0.39, 0.29) is 11.7 Å². The molecule has 1 fully saturated rings. The maximum Gasteiger partial charge on any atom is 0.238 e. The lowest BCUT2D eigenvalue weighted by Crippen LogP contribution is -2.44. The number of carbonyl (C=O) groups is 1. The van der Waals surface area contributed by atoms with Gasteiger partial charge in [-0.3, -0.25) is 9.69 Å². The van der Waals surface area contributed by atoms with Crippen LogP contribution >= 0.6 is 0 Å². The largest absolute Gasteiger partial charge is 0.325 e. The van der Waals surface area contributed by atoms with Crippen LogP contribution in [0.5, 0.6) is 0 Å². The first-order chi connectivity index (χ1) is 10.5. The molecule has 1 atom stereocenters. The van der Waals surface area contributed by atoms with Crippen LogP contribution in [-0.2, 0) is 4.79 Å². The highest BCUT2D eigenvalue weighted by Crippen LogP contribution is 2.14. The van der Waals surface area contributed by atoms with E-state index in [1.807, 2.05) is 0 Å². The van der Waals surface area contributed by atoms with E-state index in [0.717, 1.165) is 19.6 Å². The molecule has 1 aliphatic rings. The molecule has 2 N–H and O–H groups in total. The highest BCUT2D eigenvalue weighted by Gasteiger charge is 2.20. The van der Waals surface area contributed by atoms with Crippen molar-refractivity contribution in [2.45, 2.75) is 32.7 Å². The topological polar surface area (TPSA) is 44.4 Å². The van der Waals surface area contributed by atoms with Crippen LogP contribution in [0.4, 0.5) is 10.1 Å². The Morgan fingerprint density at radius 3 is 2.73 bits per heavy atom. The van der Waals surface area contributed by atoms with E-state index in [2.05, 4.69) is 29.4 Å². The van der Waals surface area contributed by atoms with E-state index in [1.165, 1.54) is 25.0 Å². The Balaban J connectivity index is 1.86. The van der Waals surface area contributed by atoms with E-state index in [4.69, 9.17) is 0 Å². The minimum atomic E-state index is -0.299. The molecule has 1 heterocycles. The lowest BCUT2D eigenvalue weighted by atomic mass is 9.98. The van der Waals surface area contributed by atoms with Crippen molar-refractivity contribution in [2.75, 3.05) is 31.5 Å². The standard InChI is InChI=1S/C17H26FN3O/c1-13(2)21(11-14-4-3-9-19-10-14)12-17(22)20-16-7-5-15(18)6-8-16/h5-8,13-14,19H,3-4,9-12H2,1-2H3,(H,20,22). The number of hydrogen-bond acceptors (Lipinski definition) is 3. The van der Waals surface area contributed by atoms with Crippen molar-refractivity contribution >= 4 is 11.6 Å². The van der Waals surface area contributed by atoms with Crippen molar-refractivity contribution in [1.82, 2.24) is 10.2 Å². The summed E-state index contributed by atoms with van der Waals surface area (Å²) in [7, 11) is 0. The molecular formula is C17H26FN3O. The molecule has 0 bridgehead atoms. The Kier molecular flexibility index (Phi) is 6.34. The number of carbonyl (C=O) groups excluding carboxylic acids is 1. The molecular weight excluding hydrogens is 281 g/mol. The summed E-state index contributed by atoms with van der Waals surface area (Å²) in [6, 6.07) is 6.18. The Labute approximate surface area is 132 Å². The minimum Gasteiger partial charge on any atom is -0.325 e. The maximum atomic E-state index is 12.9. The summed E-state index contributed by atoms with van der Waals surface area (Å²) < 4.78 is 12.9. The van der Waals surface area contributed by atoms with Crippen LogP contribution in [0, 0.1) is 11.7 Å². The number of amides is 1. The number of benzene rings is 1. The van der Waals surface area contributed by atoms with Gasteiger partial charge in [0, 0.05) is 18.3 Å². The number of nitrogens with zero attached hydrogens (tertiary/aromatic N) is 1. The molecule has 0 aliphatic carbocycles. The van der Waals surface area contributed by atoms with E-state index in [9.17, 15) is 9.18 Å². The first-order valence-corrected chi connectivity index (χ1v) is 8.05. The van der Waals surface area contributed by atoms with Crippen molar-refractivity contribution in [3.63, 3.8) is 0 Å². The van der Waals surface area contributed by atoms with Crippen LogP contribution in [-0.4, -0.2) is 43.0 Å². The lowest BCUT2D eigenvalue weighted by Gasteiger charge is -2.32. The molecule has 122 valence electrons. The van der Waals surface area contributed by atoms with Crippen LogP contribution in [0.2, 0.25) is 0 Å². The second kappa shape index (κ2) is 8.25. The third kappa shape index (κ3) is 5.39. The van der Waals surface area contributed by atoms with Crippen molar-refractivity contribution in [1.29, 1.82) is 0 Å². The molecule has 1 aliphatic heterocycles. The van der Waals surface area contributed by atoms with Gasteiger partial charge in [0.15, 0.2) is 0 Å². The van der Waals surface area contributed by atoms with Crippen molar-refractivity contribution in [3.05, 3.63) is 30.1 Å². The van der Waals surface area contributed by atoms with E-state index in [1.54, 1.807) is 12.1 Å². The van der Waals surface area contributed by atoms with Crippen molar-refractivity contribution in [2.24, 2.45) is 5.92 Å². The maximum absolute atomic E-state index is 12.9. The summed E-state index contributed by atoms with van der Waals surface area (Å²) >= 11 is 0. The molecule has 1 aromatic rings. The summed E-state index contributed by atoms with van der Waals surface area (Å²) in [6.45, 7) is 7.65. The minimum absolute atomic E-state index is 0.0518. The molecule has 2 rings (SSSR count). The summed E-state index contributed by atoms with van der Waals surface area (Å²) in [6.07, 6.45) is 2.42. The van der Waals surface area contributed by atoms with Gasteiger partial charge in [-0.2, -0.15) is 0 Å². The molecule has 5 heteroatoms.